The molecule has 150 valence electrons. The first-order valence-corrected chi connectivity index (χ1v) is 9.05. The summed E-state index contributed by atoms with van der Waals surface area (Å²) in [7, 11) is 6.53. The van der Waals surface area contributed by atoms with Crippen LogP contribution in [-0.4, -0.2) is 90.7 Å². The van der Waals surface area contributed by atoms with Gasteiger partial charge in [0.1, 0.15) is 0 Å². The quantitative estimate of drug-likeness (QED) is 0.699. The van der Waals surface area contributed by atoms with Gasteiger partial charge in [-0.05, 0) is 39.7 Å². The Morgan fingerprint density at radius 2 is 1.56 bits per heavy atom. The van der Waals surface area contributed by atoms with Crippen molar-refractivity contribution < 1.29 is 19.8 Å². The van der Waals surface area contributed by atoms with Crippen LogP contribution >= 0.6 is 0 Å². The summed E-state index contributed by atoms with van der Waals surface area (Å²) in [4.78, 5) is 26.5. The normalized spacial score (nSPS) is 16.7. The summed E-state index contributed by atoms with van der Waals surface area (Å²) in [5, 5.41) is 15.6. The van der Waals surface area contributed by atoms with Crippen LogP contribution in [0.15, 0.2) is 42.5 Å². The zero-order valence-corrected chi connectivity index (χ0v) is 16.4. The molecule has 0 amide bonds. The number of hydrogen-bond acceptors (Lipinski definition) is 5. The summed E-state index contributed by atoms with van der Waals surface area (Å²) in [6.07, 6.45) is 2.32. The van der Waals surface area contributed by atoms with Crippen LogP contribution in [0.25, 0.3) is 0 Å². The van der Waals surface area contributed by atoms with E-state index in [1.165, 1.54) is 38.2 Å². The van der Waals surface area contributed by atoms with E-state index in [-0.39, 0.29) is 0 Å². The van der Waals surface area contributed by atoms with Crippen LogP contribution in [0.3, 0.4) is 0 Å². The van der Waals surface area contributed by atoms with Gasteiger partial charge in [-0.3, -0.25) is 4.90 Å². The average Bonchev–Trinajstić information content (AvgIpc) is 2.63. The largest absolute Gasteiger partial charge is 0.478 e. The van der Waals surface area contributed by atoms with Crippen molar-refractivity contribution in [1.82, 2.24) is 14.7 Å². The van der Waals surface area contributed by atoms with Crippen molar-refractivity contribution in [3.05, 3.63) is 48.0 Å². The van der Waals surface area contributed by atoms with E-state index >= 15 is 0 Å². The molecular weight excluding hydrogens is 346 g/mol. The lowest BCUT2D eigenvalue weighted by Crippen LogP contribution is -2.46. The first-order chi connectivity index (χ1) is 12.8. The van der Waals surface area contributed by atoms with E-state index in [2.05, 4.69) is 66.2 Å². The van der Waals surface area contributed by atoms with Crippen LogP contribution in [0.4, 0.5) is 0 Å². The minimum absolute atomic E-state index is 0.558. The average molecular weight is 377 g/mol. The van der Waals surface area contributed by atoms with Gasteiger partial charge in [-0.1, -0.05) is 30.3 Å². The highest BCUT2D eigenvalue weighted by Gasteiger charge is 2.23. The maximum Gasteiger partial charge on any atom is 0.328 e. The molecule has 1 aliphatic rings. The van der Waals surface area contributed by atoms with Gasteiger partial charge in [-0.25, -0.2) is 9.59 Å². The Bertz CT molecular complexity index is 581. The van der Waals surface area contributed by atoms with E-state index in [1.54, 1.807) is 0 Å². The van der Waals surface area contributed by atoms with E-state index in [9.17, 15) is 9.59 Å². The van der Waals surface area contributed by atoms with Gasteiger partial charge in [0.2, 0.25) is 0 Å². The van der Waals surface area contributed by atoms with Gasteiger partial charge >= 0.3 is 11.9 Å². The predicted octanol–water partition coefficient (Wildman–Crippen LogP) is 1.64. The monoisotopic (exact) mass is 377 g/mol. The van der Waals surface area contributed by atoms with Gasteiger partial charge in [0.05, 0.1) is 0 Å². The molecule has 1 heterocycles. The van der Waals surface area contributed by atoms with Crippen molar-refractivity contribution in [3.63, 3.8) is 0 Å². The number of rotatable bonds is 7. The van der Waals surface area contributed by atoms with Crippen LogP contribution in [0, 0.1) is 0 Å². The lowest BCUT2D eigenvalue weighted by Gasteiger charge is -2.38. The van der Waals surface area contributed by atoms with Crippen LogP contribution in [0.5, 0.6) is 0 Å². The van der Waals surface area contributed by atoms with E-state index in [0.29, 0.717) is 18.2 Å². The Morgan fingerprint density at radius 1 is 1.04 bits per heavy atom. The molecule has 1 aromatic rings. The second-order valence-electron chi connectivity index (χ2n) is 6.87. The highest BCUT2D eigenvalue weighted by Crippen LogP contribution is 2.25. The number of carboxylic acids is 2. The molecule has 0 spiro atoms. The fourth-order valence-corrected chi connectivity index (χ4v) is 2.89. The van der Waals surface area contributed by atoms with Gasteiger partial charge in [0.25, 0.3) is 0 Å². The van der Waals surface area contributed by atoms with Crippen molar-refractivity contribution in [3.8, 4) is 0 Å². The molecule has 0 aromatic heterocycles. The standard InChI is InChI=1S/C16H27N3.C4H4O4/c1-17(2)10-9-16(15-7-5-4-6-8-15)19-13-11-18(3)12-14-19;5-3(6)1-2-4(7)8/h4-8,16H,9-14H2,1-3H3;1-2H,(H,5,6)(H,7,8). The van der Waals surface area contributed by atoms with E-state index in [4.69, 9.17) is 10.2 Å². The van der Waals surface area contributed by atoms with Gasteiger partial charge in [-0.2, -0.15) is 0 Å². The predicted molar refractivity (Wildman–Crippen MR) is 106 cm³/mol. The molecule has 1 unspecified atom stereocenters. The third kappa shape index (κ3) is 9.89. The molecule has 1 aliphatic heterocycles. The lowest BCUT2D eigenvalue weighted by molar-refractivity contribution is -0.134. The summed E-state index contributed by atoms with van der Waals surface area (Å²) >= 11 is 0. The molecule has 0 saturated carbocycles. The van der Waals surface area contributed by atoms with Gasteiger partial charge in [0.15, 0.2) is 0 Å². The third-order valence-corrected chi connectivity index (χ3v) is 4.38. The van der Waals surface area contributed by atoms with Crippen molar-refractivity contribution in [2.45, 2.75) is 12.5 Å². The molecule has 1 aromatic carbocycles. The lowest BCUT2D eigenvalue weighted by atomic mass is 10.0. The van der Waals surface area contributed by atoms with Crippen LogP contribution in [0.2, 0.25) is 0 Å². The molecule has 1 saturated heterocycles. The molecule has 2 rings (SSSR count). The molecule has 2 N–H and O–H groups in total. The molecule has 27 heavy (non-hydrogen) atoms. The zero-order valence-electron chi connectivity index (χ0n) is 16.4. The molecule has 0 aliphatic carbocycles. The Balaban J connectivity index is 0.000000387. The van der Waals surface area contributed by atoms with E-state index in [0.717, 1.165) is 6.54 Å². The third-order valence-electron chi connectivity index (χ3n) is 4.38. The summed E-state index contributed by atoms with van der Waals surface area (Å²) in [6, 6.07) is 11.5. The number of likely N-dealkylation sites (N-methyl/N-ethyl adjacent to an activating group) is 1. The fourth-order valence-electron chi connectivity index (χ4n) is 2.89. The Kier molecular flexibility index (Phi) is 10.3. The fraction of sp³-hybridized carbons (Fsp3) is 0.500. The minimum atomic E-state index is -1.26. The number of hydrogen-bond donors (Lipinski definition) is 2. The molecule has 7 nitrogen and oxygen atoms in total. The number of nitrogens with zero attached hydrogens (tertiary/aromatic N) is 3. The van der Waals surface area contributed by atoms with Crippen LogP contribution < -0.4 is 0 Å². The Hall–Kier alpha value is -2.22. The summed E-state index contributed by atoms with van der Waals surface area (Å²) < 4.78 is 0. The van der Waals surface area contributed by atoms with Crippen molar-refractivity contribution in [1.29, 1.82) is 0 Å². The van der Waals surface area contributed by atoms with Gasteiger partial charge in [-0.15, -0.1) is 0 Å². The first kappa shape index (κ1) is 22.8. The number of benzene rings is 1. The molecule has 1 atom stereocenters. The smallest absolute Gasteiger partial charge is 0.328 e. The van der Waals surface area contributed by atoms with Crippen molar-refractivity contribution in [2.24, 2.45) is 0 Å². The minimum Gasteiger partial charge on any atom is -0.478 e. The summed E-state index contributed by atoms with van der Waals surface area (Å²) in [6.45, 7) is 5.88. The van der Waals surface area contributed by atoms with Crippen molar-refractivity contribution >= 4 is 11.9 Å². The Labute approximate surface area is 161 Å². The molecule has 7 heteroatoms. The summed E-state index contributed by atoms with van der Waals surface area (Å²) in [5.41, 5.74) is 1.47. The Morgan fingerprint density at radius 3 is 2.00 bits per heavy atom. The van der Waals surface area contributed by atoms with Crippen LogP contribution in [0.1, 0.15) is 18.0 Å². The van der Waals surface area contributed by atoms with E-state index < -0.39 is 11.9 Å². The maximum absolute atomic E-state index is 9.55. The number of aliphatic carboxylic acids is 2. The van der Waals surface area contributed by atoms with Gasteiger partial charge < -0.3 is 20.0 Å². The zero-order chi connectivity index (χ0) is 20.2. The van der Waals surface area contributed by atoms with Crippen molar-refractivity contribution in [2.75, 3.05) is 53.9 Å². The number of piperazine rings is 1. The van der Waals surface area contributed by atoms with Gasteiger partial charge in [0, 0.05) is 44.4 Å². The number of carboxylic acid groups (broad SMARTS) is 2. The maximum atomic E-state index is 9.55. The molecule has 0 radical (unpaired) electrons. The number of carbonyl (C=O) groups is 2. The second kappa shape index (κ2) is 12.2. The molecule has 0 bridgehead atoms. The summed E-state index contributed by atoms with van der Waals surface area (Å²) in [5.74, 6) is -2.51. The highest BCUT2D eigenvalue weighted by atomic mass is 16.4. The highest BCUT2D eigenvalue weighted by molar-refractivity contribution is 5.89. The van der Waals surface area contributed by atoms with Crippen LogP contribution in [-0.2, 0) is 9.59 Å². The van der Waals surface area contributed by atoms with E-state index in [1.807, 2.05) is 0 Å². The topological polar surface area (TPSA) is 84.3 Å². The second-order valence-corrected chi connectivity index (χ2v) is 6.87. The SMILES string of the molecule is CN(C)CCC(c1ccccc1)N1CCN(C)CC1.O=C(O)C=CC(=O)O. The first-order valence-electron chi connectivity index (χ1n) is 9.05. The molecular formula is C20H31N3O4. The molecule has 1 fully saturated rings.